The van der Waals surface area contributed by atoms with Crippen LogP contribution < -0.4 is 15.4 Å². The molecule has 2 aromatic rings. The molecule has 0 aliphatic carbocycles. The summed E-state index contributed by atoms with van der Waals surface area (Å²) in [6.45, 7) is 1.37. The maximum atomic E-state index is 12.7. The molecule has 26 heavy (non-hydrogen) atoms. The van der Waals surface area contributed by atoms with Gasteiger partial charge in [0, 0.05) is 29.7 Å². The molecule has 0 atom stereocenters. The molecule has 3 rings (SSSR count). The molecule has 1 heterocycles. The summed E-state index contributed by atoms with van der Waals surface area (Å²) in [7, 11) is -3.84. The lowest BCUT2D eigenvalue weighted by Crippen LogP contribution is -2.15. The van der Waals surface area contributed by atoms with Crippen molar-refractivity contribution < 1.29 is 18.0 Å². The number of hydrogen-bond acceptors (Lipinski definition) is 5. The first-order valence-electron chi connectivity index (χ1n) is 7.81. The van der Waals surface area contributed by atoms with Gasteiger partial charge in [-0.2, -0.15) is 0 Å². The second-order valence-corrected chi connectivity index (χ2v) is 8.49. The van der Waals surface area contributed by atoms with E-state index >= 15 is 0 Å². The summed E-state index contributed by atoms with van der Waals surface area (Å²) in [6.07, 6.45) is 0.385. The van der Waals surface area contributed by atoms with Crippen LogP contribution in [0.5, 0.6) is 0 Å². The average Bonchev–Trinajstić information content (AvgIpc) is 2.73. The van der Waals surface area contributed by atoms with Gasteiger partial charge in [0.05, 0.1) is 16.3 Å². The van der Waals surface area contributed by atoms with Gasteiger partial charge in [0.25, 0.3) is 10.0 Å². The van der Waals surface area contributed by atoms with Gasteiger partial charge in [-0.25, -0.2) is 8.42 Å². The number of hydrogen-bond donors (Lipinski definition) is 3. The Balaban J connectivity index is 1.87. The van der Waals surface area contributed by atoms with Gasteiger partial charge >= 0.3 is 0 Å². The van der Waals surface area contributed by atoms with E-state index in [2.05, 4.69) is 15.4 Å². The van der Waals surface area contributed by atoms with Gasteiger partial charge in [-0.3, -0.25) is 14.3 Å². The maximum absolute atomic E-state index is 12.7. The second-order valence-electron chi connectivity index (χ2n) is 5.67. The first-order chi connectivity index (χ1) is 12.3. The van der Waals surface area contributed by atoms with Crippen molar-refractivity contribution in [3.63, 3.8) is 0 Å². The van der Waals surface area contributed by atoms with Crippen molar-refractivity contribution >= 4 is 50.7 Å². The molecule has 2 amide bonds. The Labute approximate surface area is 155 Å². The van der Waals surface area contributed by atoms with Crippen molar-refractivity contribution in [2.45, 2.75) is 23.1 Å². The third-order valence-electron chi connectivity index (χ3n) is 3.56. The third-order valence-corrected chi connectivity index (χ3v) is 6.01. The maximum Gasteiger partial charge on any atom is 0.261 e. The monoisotopic (exact) mass is 391 g/mol. The molecule has 0 bridgehead atoms. The summed E-state index contributed by atoms with van der Waals surface area (Å²) >= 11 is 1.51. The number of sulfonamides is 1. The van der Waals surface area contributed by atoms with Crippen LogP contribution in [0.3, 0.4) is 0 Å². The number of nitrogens with one attached hydrogen (secondary N) is 3. The normalized spacial score (nSPS) is 14.0. The quantitative estimate of drug-likeness (QED) is 0.743. The molecule has 0 spiro atoms. The van der Waals surface area contributed by atoms with Crippen LogP contribution in [0.15, 0.2) is 52.3 Å². The first-order valence-corrected chi connectivity index (χ1v) is 10.3. The van der Waals surface area contributed by atoms with Crippen LogP contribution in [0.1, 0.15) is 13.3 Å². The predicted molar refractivity (Wildman–Crippen MR) is 102 cm³/mol. The van der Waals surface area contributed by atoms with Gasteiger partial charge < -0.3 is 10.6 Å². The minimum absolute atomic E-state index is 0.0454. The van der Waals surface area contributed by atoms with Crippen molar-refractivity contribution in [3.8, 4) is 0 Å². The molecule has 7 nitrogen and oxygen atoms in total. The Morgan fingerprint density at radius 3 is 2.69 bits per heavy atom. The average molecular weight is 391 g/mol. The SMILES string of the molecule is CC(=O)Nc1cccc(NS(=O)(=O)c2ccc3c(c2)NC(=O)CCS3)c1. The fourth-order valence-electron chi connectivity index (χ4n) is 2.44. The molecule has 3 N–H and O–H groups in total. The third kappa shape index (κ3) is 4.36. The van der Waals surface area contributed by atoms with E-state index in [1.165, 1.54) is 36.9 Å². The topological polar surface area (TPSA) is 104 Å². The zero-order valence-corrected chi connectivity index (χ0v) is 15.5. The van der Waals surface area contributed by atoms with Crippen molar-refractivity contribution in [1.82, 2.24) is 0 Å². The highest BCUT2D eigenvalue weighted by Crippen LogP contribution is 2.33. The summed E-state index contributed by atoms with van der Waals surface area (Å²) in [5, 5.41) is 5.33. The number of rotatable bonds is 4. The Hall–Kier alpha value is -2.52. The molecule has 0 saturated heterocycles. The zero-order valence-electron chi connectivity index (χ0n) is 13.9. The number of benzene rings is 2. The van der Waals surface area contributed by atoms with Crippen LogP contribution in [-0.4, -0.2) is 26.0 Å². The van der Waals surface area contributed by atoms with E-state index in [1.54, 1.807) is 24.3 Å². The minimum Gasteiger partial charge on any atom is -0.326 e. The molecular weight excluding hydrogens is 374 g/mol. The van der Waals surface area contributed by atoms with Crippen LogP contribution >= 0.6 is 11.8 Å². The molecule has 0 unspecified atom stereocenters. The van der Waals surface area contributed by atoms with Gasteiger partial charge in [-0.15, -0.1) is 11.8 Å². The number of thioether (sulfide) groups is 1. The Morgan fingerprint density at radius 1 is 1.15 bits per heavy atom. The van der Waals surface area contributed by atoms with Crippen LogP contribution in [0, 0.1) is 0 Å². The van der Waals surface area contributed by atoms with E-state index in [1.807, 2.05) is 0 Å². The van der Waals surface area contributed by atoms with E-state index in [4.69, 9.17) is 0 Å². The summed E-state index contributed by atoms with van der Waals surface area (Å²) in [5.74, 6) is 0.268. The Kier molecular flexibility index (Phi) is 5.19. The van der Waals surface area contributed by atoms with Gasteiger partial charge in [0.15, 0.2) is 0 Å². The molecule has 1 aliphatic heterocycles. The molecule has 0 fully saturated rings. The molecule has 2 aromatic carbocycles. The van der Waals surface area contributed by atoms with E-state index < -0.39 is 10.0 Å². The number of anilines is 3. The highest BCUT2D eigenvalue weighted by atomic mass is 32.2. The lowest BCUT2D eigenvalue weighted by Gasteiger charge is -2.12. The minimum atomic E-state index is -3.84. The van der Waals surface area contributed by atoms with Gasteiger partial charge in [-0.05, 0) is 36.4 Å². The predicted octanol–water partition coefficient (Wildman–Crippen LogP) is 2.88. The standard InChI is InChI=1S/C17H17N3O4S2/c1-11(21)18-12-3-2-4-13(9-12)20-26(23,24)14-5-6-16-15(10-14)19-17(22)7-8-25-16/h2-6,9-10,20H,7-8H2,1H3,(H,18,21)(H,19,22). The molecule has 0 saturated carbocycles. The van der Waals surface area contributed by atoms with E-state index in [0.717, 1.165) is 4.90 Å². The van der Waals surface area contributed by atoms with Crippen LogP contribution in [0.4, 0.5) is 17.1 Å². The molecule has 9 heteroatoms. The molecule has 0 radical (unpaired) electrons. The van der Waals surface area contributed by atoms with Gasteiger partial charge in [-0.1, -0.05) is 6.07 Å². The van der Waals surface area contributed by atoms with Gasteiger partial charge in [0.1, 0.15) is 0 Å². The Morgan fingerprint density at radius 2 is 1.92 bits per heavy atom. The van der Waals surface area contributed by atoms with Crippen LogP contribution in [-0.2, 0) is 19.6 Å². The van der Waals surface area contributed by atoms with E-state index in [0.29, 0.717) is 29.2 Å². The summed E-state index contributed by atoms with van der Waals surface area (Å²) in [6, 6.07) is 11.1. The van der Waals surface area contributed by atoms with Crippen molar-refractivity contribution in [3.05, 3.63) is 42.5 Å². The van der Waals surface area contributed by atoms with Crippen LogP contribution in [0.25, 0.3) is 0 Å². The highest BCUT2D eigenvalue weighted by molar-refractivity contribution is 7.99. The van der Waals surface area contributed by atoms with Crippen molar-refractivity contribution in [2.24, 2.45) is 0 Å². The number of carbonyl (C=O) groups excluding carboxylic acids is 2. The molecule has 136 valence electrons. The largest absolute Gasteiger partial charge is 0.326 e. The van der Waals surface area contributed by atoms with Crippen molar-refractivity contribution in [2.75, 3.05) is 21.1 Å². The summed E-state index contributed by atoms with van der Waals surface area (Å²) in [5.41, 5.74) is 1.31. The summed E-state index contributed by atoms with van der Waals surface area (Å²) in [4.78, 5) is 23.7. The fourth-order valence-corrected chi connectivity index (χ4v) is 4.46. The first kappa shape index (κ1) is 18.3. The molecule has 1 aliphatic rings. The molecular formula is C17H17N3O4S2. The number of carbonyl (C=O) groups is 2. The Bertz CT molecular complexity index is 974. The van der Waals surface area contributed by atoms with Crippen LogP contribution in [0.2, 0.25) is 0 Å². The number of amides is 2. The lowest BCUT2D eigenvalue weighted by molar-refractivity contribution is -0.116. The van der Waals surface area contributed by atoms with Crippen molar-refractivity contribution in [1.29, 1.82) is 0 Å². The zero-order chi connectivity index (χ0) is 18.7. The second kappa shape index (κ2) is 7.38. The number of fused-ring (bicyclic) bond motifs is 1. The fraction of sp³-hybridized carbons (Fsp3) is 0.176. The molecule has 0 aromatic heterocycles. The van der Waals surface area contributed by atoms with E-state index in [9.17, 15) is 18.0 Å². The lowest BCUT2D eigenvalue weighted by atomic mass is 10.3. The smallest absolute Gasteiger partial charge is 0.261 e. The van der Waals surface area contributed by atoms with E-state index in [-0.39, 0.29) is 16.7 Å². The highest BCUT2D eigenvalue weighted by Gasteiger charge is 2.19. The van der Waals surface area contributed by atoms with Gasteiger partial charge in [0.2, 0.25) is 11.8 Å². The summed E-state index contributed by atoms with van der Waals surface area (Å²) < 4.78 is 27.8.